The SMILES string of the molecule is CC(C)(C)n1nc(-c2ccc(NC(=O)Oc3ccccc3)cc2)c(C(N)=O)c1Nc1ccccn1. The number of nitrogens with two attached hydrogens (primary N) is 1. The summed E-state index contributed by atoms with van der Waals surface area (Å²) in [6.45, 7) is 5.93. The van der Waals surface area contributed by atoms with E-state index in [-0.39, 0.29) is 5.56 Å². The number of anilines is 3. The first kappa shape index (κ1) is 23.5. The van der Waals surface area contributed by atoms with E-state index in [1.807, 2.05) is 32.9 Å². The normalized spacial score (nSPS) is 11.1. The van der Waals surface area contributed by atoms with Crippen LogP contribution in [-0.4, -0.2) is 26.8 Å². The summed E-state index contributed by atoms with van der Waals surface area (Å²) < 4.78 is 6.98. The number of aromatic nitrogens is 3. The minimum atomic E-state index is -0.623. The number of hydrogen-bond donors (Lipinski definition) is 3. The summed E-state index contributed by atoms with van der Waals surface area (Å²) in [4.78, 5) is 29.0. The average Bonchev–Trinajstić information content (AvgIpc) is 3.21. The predicted molar refractivity (Wildman–Crippen MR) is 135 cm³/mol. The molecule has 0 aliphatic rings. The van der Waals surface area contributed by atoms with E-state index in [4.69, 9.17) is 15.6 Å². The molecule has 2 heterocycles. The summed E-state index contributed by atoms with van der Waals surface area (Å²) in [6.07, 6.45) is 1.04. The van der Waals surface area contributed by atoms with Gasteiger partial charge in [0.25, 0.3) is 5.91 Å². The quantitative estimate of drug-likeness (QED) is 0.358. The standard InChI is InChI=1S/C26H26N6O3/c1-26(2,3)32-24(30-20-11-7-8-16-28-20)21(23(27)33)22(31-32)17-12-14-18(15-13-17)29-25(34)35-19-9-5-4-6-10-19/h4-16H,1-3H3,(H2,27,33)(H,28,30)(H,29,34). The molecule has 0 aliphatic heterocycles. The highest BCUT2D eigenvalue weighted by Gasteiger charge is 2.29. The molecule has 0 saturated carbocycles. The minimum absolute atomic E-state index is 0.245. The number of rotatable bonds is 6. The van der Waals surface area contributed by atoms with Crippen LogP contribution in [0.4, 0.5) is 22.1 Å². The lowest BCUT2D eigenvalue weighted by Gasteiger charge is -2.23. The van der Waals surface area contributed by atoms with Gasteiger partial charge in [-0.05, 0) is 57.2 Å². The molecule has 4 N–H and O–H groups in total. The van der Waals surface area contributed by atoms with Crippen LogP contribution in [0.1, 0.15) is 31.1 Å². The number of carbonyl (C=O) groups excluding carboxylic acids is 2. The van der Waals surface area contributed by atoms with Gasteiger partial charge >= 0.3 is 6.09 Å². The fourth-order valence-corrected chi connectivity index (χ4v) is 3.46. The third kappa shape index (κ3) is 5.47. The second-order valence-corrected chi connectivity index (χ2v) is 8.76. The van der Waals surface area contributed by atoms with Gasteiger partial charge in [0.05, 0.1) is 5.54 Å². The van der Waals surface area contributed by atoms with Gasteiger partial charge in [-0.3, -0.25) is 10.1 Å². The van der Waals surface area contributed by atoms with Crippen LogP contribution in [0.25, 0.3) is 11.3 Å². The number of ether oxygens (including phenoxy) is 1. The maximum absolute atomic E-state index is 12.6. The zero-order valence-corrected chi connectivity index (χ0v) is 19.6. The van der Waals surface area contributed by atoms with Gasteiger partial charge in [-0.2, -0.15) is 5.10 Å². The van der Waals surface area contributed by atoms with Crippen molar-refractivity contribution in [3.8, 4) is 17.0 Å². The lowest BCUT2D eigenvalue weighted by atomic mass is 10.1. The average molecular weight is 471 g/mol. The topological polar surface area (TPSA) is 124 Å². The molecule has 0 radical (unpaired) electrons. The van der Waals surface area contributed by atoms with E-state index in [1.165, 1.54) is 0 Å². The van der Waals surface area contributed by atoms with Crippen LogP contribution in [0.3, 0.4) is 0 Å². The van der Waals surface area contributed by atoms with Gasteiger partial charge in [0.15, 0.2) is 0 Å². The third-order valence-electron chi connectivity index (χ3n) is 5.04. The summed E-state index contributed by atoms with van der Waals surface area (Å²) in [5.41, 5.74) is 7.20. The van der Waals surface area contributed by atoms with Crippen LogP contribution < -0.4 is 21.1 Å². The Morgan fingerprint density at radius 2 is 1.63 bits per heavy atom. The number of primary amides is 1. The van der Waals surface area contributed by atoms with Gasteiger partial charge in [-0.15, -0.1) is 0 Å². The zero-order valence-electron chi connectivity index (χ0n) is 19.6. The number of pyridine rings is 1. The van der Waals surface area contributed by atoms with E-state index in [2.05, 4.69) is 15.6 Å². The van der Waals surface area contributed by atoms with Crippen molar-refractivity contribution in [2.45, 2.75) is 26.3 Å². The lowest BCUT2D eigenvalue weighted by molar-refractivity contribution is 0.100. The predicted octanol–water partition coefficient (Wildman–Crippen LogP) is 5.15. The first-order chi connectivity index (χ1) is 16.7. The van der Waals surface area contributed by atoms with Crippen LogP contribution in [0, 0.1) is 0 Å². The Kier molecular flexibility index (Phi) is 6.50. The van der Waals surface area contributed by atoms with Crippen molar-refractivity contribution in [3.63, 3.8) is 0 Å². The van der Waals surface area contributed by atoms with Crippen LogP contribution >= 0.6 is 0 Å². The van der Waals surface area contributed by atoms with Crippen molar-refractivity contribution < 1.29 is 14.3 Å². The molecule has 2 aromatic carbocycles. The summed E-state index contributed by atoms with van der Waals surface area (Å²) >= 11 is 0. The van der Waals surface area contributed by atoms with Gasteiger partial charge in [-0.25, -0.2) is 14.5 Å². The van der Waals surface area contributed by atoms with Crippen molar-refractivity contribution in [2.75, 3.05) is 10.6 Å². The van der Waals surface area contributed by atoms with Crippen molar-refractivity contribution in [3.05, 3.63) is 84.6 Å². The molecule has 0 bridgehead atoms. The Labute approximate surface area is 202 Å². The van der Waals surface area contributed by atoms with E-state index in [0.29, 0.717) is 34.3 Å². The Morgan fingerprint density at radius 1 is 0.943 bits per heavy atom. The van der Waals surface area contributed by atoms with E-state index in [0.717, 1.165) is 0 Å². The number of hydrogen-bond acceptors (Lipinski definition) is 6. The van der Waals surface area contributed by atoms with Crippen LogP contribution in [0.5, 0.6) is 5.75 Å². The smallest absolute Gasteiger partial charge is 0.410 e. The molecule has 0 saturated heterocycles. The Balaban J connectivity index is 1.65. The maximum atomic E-state index is 12.6. The molecule has 9 nitrogen and oxygen atoms in total. The van der Waals surface area contributed by atoms with Gasteiger partial charge in [-0.1, -0.05) is 36.4 Å². The fraction of sp³-hybridized carbons (Fsp3) is 0.154. The molecule has 0 aliphatic carbocycles. The van der Waals surface area contributed by atoms with Gasteiger partial charge in [0.1, 0.15) is 28.6 Å². The molecule has 4 aromatic rings. The second-order valence-electron chi connectivity index (χ2n) is 8.76. The number of nitrogens with zero attached hydrogens (tertiary/aromatic N) is 3. The van der Waals surface area contributed by atoms with Crippen LogP contribution in [0.2, 0.25) is 0 Å². The molecule has 2 aromatic heterocycles. The molecule has 0 atom stereocenters. The molecule has 9 heteroatoms. The number of para-hydroxylation sites is 1. The molecular formula is C26H26N6O3. The highest BCUT2D eigenvalue weighted by atomic mass is 16.6. The number of nitrogens with one attached hydrogen (secondary N) is 2. The van der Waals surface area contributed by atoms with Crippen molar-refractivity contribution in [2.24, 2.45) is 5.73 Å². The monoisotopic (exact) mass is 470 g/mol. The number of amides is 2. The van der Waals surface area contributed by atoms with Gasteiger partial charge in [0, 0.05) is 17.4 Å². The summed E-state index contributed by atoms with van der Waals surface area (Å²) in [6, 6.07) is 21.1. The van der Waals surface area contributed by atoms with Crippen molar-refractivity contribution in [1.82, 2.24) is 14.8 Å². The Morgan fingerprint density at radius 3 is 2.23 bits per heavy atom. The molecule has 2 amide bonds. The number of carbonyl (C=O) groups is 2. The van der Waals surface area contributed by atoms with E-state index in [1.54, 1.807) is 71.5 Å². The first-order valence-corrected chi connectivity index (χ1v) is 11.0. The van der Waals surface area contributed by atoms with Crippen LogP contribution in [0.15, 0.2) is 79.0 Å². The maximum Gasteiger partial charge on any atom is 0.417 e. The molecule has 4 rings (SSSR count). The minimum Gasteiger partial charge on any atom is -0.410 e. The largest absolute Gasteiger partial charge is 0.417 e. The molecule has 178 valence electrons. The van der Waals surface area contributed by atoms with E-state index in [9.17, 15) is 9.59 Å². The first-order valence-electron chi connectivity index (χ1n) is 11.0. The zero-order chi connectivity index (χ0) is 25.0. The third-order valence-corrected chi connectivity index (χ3v) is 5.04. The molecule has 0 unspecified atom stereocenters. The fourth-order valence-electron chi connectivity index (χ4n) is 3.46. The second kappa shape index (κ2) is 9.68. The Bertz CT molecular complexity index is 1330. The Hall–Kier alpha value is -4.66. The van der Waals surface area contributed by atoms with E-state index >= 15 is 0 Å². The highest BCUT2D eigenvalue weighted by molar-refractivity contribution is 6.04. The lowest BCUT2D eigenvalue weighted by Crippen LogP contribution is -2.25. The van der Waals surface area contributed by atoms with Gasteiger partial charge < -0.3 is 15.8 Å². The van der Waals surface area contributed by atoms with Crippen LogP contribution in [-0.2, 0) is 5.54 Å². The van der Waals surface area contributed by atoms with E-state index < -0.39 is 17.5 Å². The van der Waals surface area contributed by atoms with Gasteiger partial charge in [0.2, 0.25) is 0 Å². The van der Waals surface area contributed by atoms with Crippen molar-refractivity contribution >= 4 is 29.3 Å². The molecular weight excluding hydrogens is 444 g/mol. The molecule has 0 fully saturated rings. The highest BCUT2D eigenvalue weighted by Crippen LogP contribution is 2.34. The molecule has 35 heavy (non-hydrogen) atoms. The van der Waals surface area contributed by atoms with Crippen molar-refractivity contribution in [1.29, 1.82) is 0 Å². The summed E-state index contributed by atoms with van der Waals surface area (Å²) in [7, 11) is 0. The number of benzene rings is 2. The summed E-state index contributed by atoms with van der Waals surface area (Å²) in [5.74, 6) is 0.826. The molecule has 0 spiro atoms. The summed E-state index contributed by atoms with van der Waals surface area (Å²) in [5, 5.41) is 10.6.